The monoisotopic (exact) mass is 449 g/mol. The molecule has 2 atom stereocenters. The molecule has 6 heteroatoms. The van der Waals surface area contributed by atoms with E-state index in [1.807, 2.05) is 50.3 Å². The number of aliphatic hydroxyl groups is 1. The third-order valence-corrected chi connectivity index (χ3v) is 4.90. The van der Waals surface area contributed by atoms with E-state index in [4.69, 9.17) is 17.4 Å². The van der Waals surface area contributed by atoms with Crippen molar-refractivity contribution in [3.05, 3.63) is 71.0 Å². The molecule has 0 spiro atoms. The maximum atomic E-state index is 11.8. The van der Waals surface area contributed by atoms with Crippen LogP contribution in [0, 0.1) is 24.2 Å². The molecule has 1 aromatic rings. The second-order valence-corrected chi connectivity index (χ2v) is 7.44. The summed E-state index contributed by atoms with van der Waals surface area (Å²) in [4.78, 5) is 11.8. The largest absolute Gasteiger partial charge is 0.402 e. The lowest BCUT2D eigenvalue weighted by molar-refractivity contribution is -0.134. The lowest BCUT2D eigenvalue weighted by Crippen LogP contribution is -2.51. The zero-order valence-corrected chi connectivity index (χ0v) is 19.5. The highest BCUT2D eigenvalue weighted by molar-refractivity contribution is 5.81. The van der Waals surface area contributed by atoms with Gasteiger partial charge in [-0.2, -0.15) is 0 Å². The Balaban J connectivity index is 0.00000265. The number of hydroxylamine groups is 1. The van der Waals surface area contributed by atoms with Crippen LogP contribution in [-0.2, 0) is 11.2 Å². The van der Waals surface area contributed by atoms with E-state index in [2.05, 4.69) is 29.7 Å². The van der Waals surface area contributed by atoms with Gasteiger partial charge in [0.1, 0.15) is 6.04 Å². The van der Waals surface area contributed by atoms with Gasteiger partial charge in [-0.15, -0.1) is 12.3 Å². The van der Waals surface area contributed by atoms with E-state index in [0.717, 1.165) is 35.1 Å². The Kier molecular flexibility index (Phi) is 13.0. The topological polar surface area (TPSA) is 108 Å². The molecule has 176 valence electrons. The molecule has 0 aromatic heterocycles. The van der Waals surface area contributed by atoms with Gasteiger partial charge in [0, 0.05) is 36.2 Å². The van der Waals surface area contributed by atoms with Crippen LogP contribution >= 0.6 is 0 Å². The lowest BCUT2D eigenvalue weighted by atomic mass is 9.97. The summed E-state index contributed by atoms with van der Waals surface area (Å²) in [5.74, 6) is 8.11. The Bertz CT molecular complexity index is 944. The van der Waals surface area contributed by atoms with Crippen molar-refractivity contribution in [3.63, 3.8) is 0 Å². The molecule has 0 heterocycles. The van der Waals surface area contributed by atoms with E-state index in [1.165, 1.54) is 0 Å². The predicted octanol–water partition coefficient (Wildman–Crippen LogP) is 2.96. The molecule has 6 nitrogen and oxygen atoms in total. The molecular weight excluding hydrogens is 414 g/mol. The van der Waals surface area contributed by atoms with E-state index in [-0.39, 0.29) is 6.42 Å². The Morgan fingerprint density at radius 1 is 1.21 bits per heavy atom. The molecule has 0 saturated carbocycles. The van der Waals surface area contributed by atoms with Gasteiger partial charge in [-0.25, -0.2) is 5.48 Å². The summed E-state index contributed by atoms with van der Waals surface area (Å²) < 4.78 is 0. The standard InChI is InChI=1S/C25H29N3O3.C2H6/c1-3-4-5-23(29)24(25(30)28-31)27-17-22-14-10-20(11-15-22)7-6-19-8-12-21(13-9-19)16-18(2)26;1-2/h1,8-10,12-14,23-24,27,29,31H,2,4-5,11,15-17,26H2,(H,28,30);1-2H3. The van der Waals surface area contributed by atoms with Crippen molar-refractivity contribution < 1.29 is 15.1 Å². The molecule has 1 amide bonds. The van der Waals surface area contributed by atoms with Gasteiger partial charge < -0.3 is 10.8 Å². The van der Waals surface area contributed by atoms with E-state index in [0.29, 0.717) is 25.1 Å². The molecule has 1 aromatic carbocycles. The molecular formula is C27H35N3O3. The van der Waals surface area contributed by atoms with Gasteiger partial charge in [0.15, 0.2) is 0 Å². The minimum absolute atomic E-state index is 0.266. The van der Waals surface area contributed by atoms with Crippen LogP contribution in [0.15, 0.2) is 59.8 Å². The van der Waals surface area contributed by atoms with Crippen LogP contribution in [-0.4, -0.2) is 34.9 Å². The van der Waals surface area contributed by atoms with Crippen molar-refractivity contribution in [3.8, 4) is 24.2 Å². The van der Waals surface area contributed by atoms with Crippen LogP contribution in [0.5, 0.6) is 0 Å². The molecule has 1 aliphatic rings. The highest BCUT2D eigenvalue weighted by Gasteiger charge is 2.26. The van der Waals surface area contributed by atoms with Gasteiger partial charge in [0.2, 0.25) is 0 Å². The smallest absolute Gasteiger partial charge is 0.263 e. The number of amides is 1. The van der Waals surface area contributed by atoms with Crippen molar-refractivity contribution in [1.29, 1.82) is 0 Å². The van der Waals surface area contributed by atoms with Gasteiger partial charge in [0.05, 0.1) is 6.10 Å². The number of allylic oxidation sites excluding steroid dienone is 4. The predicted molar refractivity (Wildman–Crippen MR) is 133 cm³/mol. The number of nitrogens with one attached hydrogen (secondary N) is 2. The zero-order chi connectivity index (χ0) is 24.6. The molecule has 1 aliphatic carbocycles. The molecule has 33 heavy (non-hydrogen) atoms. The summed E-state index contributed by atoms with van der Waals surface area (Å²) in [6.07, 6.45) is 11.0. The number of hydrogen-bond donors (Lipinski definition) is 5. The van der Waals surface area contributed by atoms with E-state index in [1.54, 1.807) is 5.48 Å². The molecule has 6 N–H and O–H groups in total. The highest BCUT2D eigenvalue weighted by Crippen LogP contribution is 2.18. The van der Waals surface area contributed by atoms with Crippen molar-refractivity contribution in [1.82, 2.24) is 10.8 Å². The van der Waals surface area contributed by atoms with Gasteiger partial charge in [-0.3, -0.25) is 15.3 Å². The van der Waals surface area contributed by atoms with Crippen LogP contribution in [0.1, 0.15) is 50.7 Å². The van der Waals surface area contributed by atoms with Crippen molar-refractivity contribution >= 4 is 5.91 Å². The van der Waals surface area contributed by atoms with Gasteiger partial charge in [-0.1, -0.05) is 62.1 Å². The molecule has 0 fully saturated rings. The Labute approximate surface area is 197 Å². The number of nitrogens with two attached hydrogens (primary N) is 1. The molecule has 0 radical (unpaired) electrons. The molecule has 0 saturated heterocycles. The first-order valence-corrected chi connectivity index (χ1v) is 11.1. The van der Waals surface area contributed by atoms with E-state index >= 15 is 0 Å². The number of aliphatic hydroxyl groups excluding tert-OH is 1. The quantitative estimate of drug-likeness (QED) is 0.226. The highest BCUT2D eigenvalue weighted by atomic mass is 16.5. The summed E-state index contributed by atoms with van der Waals surface area (Å²) >= 11 is 0. The Morgan fingerprint density at radius 3 is 2.45 bits per heavy atom. The van der Waals surface area contributed by atoms with Crippen molar-refractivity contribution in [2.45, 2.75) is 58.1 Å². The number of carbonyl (C=O) groups is 1. The minimum atomic E-state index is -0.987. The first-order chi connectivity index (χ1) is 15.9. The van der Waals surface area contributed by atoms with Crippen LogP contribution < -0.4 is 16.5 Å². The first kappa shape index (κ1) is 27.7. The number of terminal acetylenes is 1. The van der Waals surface area contributed by atoms with Gasteiger partial charge in [0.25, 0.3) is 5.91 Å². The molecule has 2 unspecified atom stereocenters. The number of carbonyl (C=O) groups excluding carboxylic acids is 1. The SMILES string of the molecule is C#CCCC(O)C(NCC1=CC=C(C#Cc2ccc(CC(=C)N)cc2)CC1)C(=O)NO.CC. The van der Waals surface area contributed by atoms with Gasteiger partial charge >= 0.3 is 0 Å². The number of rotatable bonds is 9. The van der Waals surface area contributed by atoms with E-state index in [9.17, 15) is 9.90 Å². The molecule has 0 aliphatic heterocycles. The van der Waals surface area contributed by atoms with E-state index < -0.39 is 18.1 Å². The van der Waals surface area contributed by atoms with Crippen molar-refractivity contribution in [2.75, 3.05) is 6.54 Å². The molecule has 2 rings (SSSR count). The summed E-state index contributed by atoms with van der Waals surface area (Å²) in [7, 11) is 0. The fraction of sp³-hybridized carbons (Fsp3) is 0.370. The third kappa shape index (κ3) is 10.2. The fourth-order valence-corrected chi connectivity index (χ4v) is 3.16. The Hall–Kier alpha value is -3.29. The van der Waals surface area contributed by atoms with Crippen molar-refractivity contribution in [2.24, 2.45) is 5.73 Å². The average molecular weight is 450 g/mol. The van der Waals surface area contributed by atoms with Crippen LogP contribution in [0.4, 0.5) is 0 Å². The van der Waals surface area contributed by atoms with Gasteiger partial charge in [-0.05, 0) is 37.0 Å². The number of hydrogen-bond acceptors (Lipinski definition) is 5. The second-order valence-electron chi connectivity index (χ2n) is 7.44. The fourth-order valence-electron chi connectivity index (χ4n) is 3.16. The maximum absolute atomic E-state index is 11.8. The summed E-state index contributed by atoms with van der Waals surface area (Å²) in [6.45, 7) is 8.13. The summed E-state index contributed by atoms with van der Waals surface area (Å²) in [6, 6.07) is 6.99. The summed E-state index contributed by atoms with van der Waals surface area (Å²) in [5.41, 5.74) is 12.0. The number of benzene rings is 1. The summed E-state index contributed by atoms with van der Waals surface area (Å²) in [5, 5.41) is 22.1. The zero-order valence-electron chi connectivity index (χ0n) is 19.5. The van der Waals surface area contributed by atoms with Crippen LogP contribution in [0.25, 0.3) is 0 Å². The Morgan fingerprint density at radius 2 is 1.91 bits per heavy atom. The lowest BCUT2D eigenvalue weighted by Gasteiger charge is -2.23. The normalized spacial score (nSPS) is 14.0. The third-order valence-electron chi connectivity index (χ3n) is 4.90. The average Bonchev–Trinajstić information content (AvgIpc) is 2.83. The molecule has 0 bridgehead atoms. The van der Waals surface area contributed by atoms with Crippen LogP contribution in [0.3, 0.4) is 0 Å². The maximum Gasteiger partial charge on any atom is 0.263 e. The minimum Gasteiger partial charge on any atom is -0.402 e. The second kappa shape index (κ2) is 15.5. The van der Waals surface area contributed by atoms with Crippen LogP contribution in [0.2, 0.25) is 0 Å². The first-order valence-electron chi connectivity index (χ1n) is 11.1.